The Labute approximate surface area is 175 Å². The van der Waals surface area contributed by atoms with Gasteiger partial charge in [0, 0.05) is 46.2 Å². The smallest absolute Gasteiger partial charge is 0.195 e. The highest BCUT2D eigenvalue weighted by Crippen LogP contribution is 2.29. The summed E-state index contributed by atoms with van der Waals surface area (Å²) in [6.07, 6.45) is 5.67. The number of fused-ring (bicyclic) bond motifs is 2. The first kappa shape index (κ1) is 19.0. The predicted molar refractivity (Wildman–Crippen MR) is 120 cm³/mol. The van der Waals surface area contributed by atoms with Crippen LogP contribution in [-0.2, 0) is 6.54 Å². The zero-order valence-corrected chi connectivity index (χ0v) is 17.1. The van der Waals surface area contributed by atoms with Gasteiger partial charge in [0.1, 0.15) is 5.82 Å². The molecule has 0 amide bonds. The van der Waals surface area contributed by atoms with Gasteiger partial charge in [-0.25, -0.2) is 4.39 Å². The monoisotopic (exact) mass is 399 g/mol. The van der Waals surface area contributed by atoms with Crippen LogP contribution in [0.4, 0.5) is 4.39 Å². The molecule has 4 heteroatoms. The third-order valence-corrected chi connectivity index (χ3v) is 6.48. The molecule has 30 heavy (non-hydrogen) atoms. The van der Waals surface area contributed by atoms with Crippen molar-refractivity contribution in [3.8, 4) is 0 Å². The van der Waals surface area contributed by atoms with Gasteiger partial charge in [0.2, 0.25) is 0 Å². The summed E-state index contributed by atoms with van der Waals surface area (Å²) in [7, 11) is 2.19. The molecule has 0 saturated carbocycles. The Morgan fingerprint density at radius 3 is 2.47 bits per heavy atom. The number of hydrogen-bond acceptors (Lipinski definition) is 2. The minimum atomic E-state index is -0.301. The molecule has 0 bridgehead atoms. The Hall–Kier alpha value is -2.98. The van der Waals surface area contributed by atoms with Crippen molar-refractivity contribution < 1.29 is 9.18 Å². The number of hydrogen-bond donors (Lipinski definition) is 0. The van der Waals surface area contributed by atoms with E-state index in [4.69, 9.17) is 0 Å². The number of rotatable bonds is 4. The second-order valence-corrected chi connectivity index (χ2v) is 8.31. The number of halogens is 1. The molecule has 1 aliphatic rings. The lowest BCUT2D eigenvalue weighted by Crippen LogP contribution is -2.39. The number of piperidine rings is 1. The highest BCUT2D eigenvalue weighted by molar-refractivity contribution is 6.21. The maximum atomic E-state index is 14.3. The molecule has 3 aromatic carbocycles. The lowest BCUT2D eigenvalue weighted by Gasteiger charge is -2.32. The van der Waals surface area contributed by atoms with E-state index in [2.05, 4.69) is 22.6 Å². The van der Waals surface area contributed by atoms with E-state index in [0.717, 1.165) is 24.0 Å². The second kappa shape index (κ2) is 7.69. The van der Waals surface area contributed by atoms with Crippen LogP contribution in [0, 0.1) is 5.82 Å². The topological polar surface area (TPSA) is 25.2 Å². The number of para-hydroxylation sites is 1. The van der Waals surface area contributed by atoms with E-state index in [-0.39, 0.29) is 11.6 Å². The maximum Gasteiger partial charge on any atom is 0.195 e. The van der Waals surface area contributed by atoms with Gasteiger partial charge < -0.3 is 9.47 Å². The van der Waals surface area contributed by atoms with Crippen LogP contribution < -0.4 is 0 Å². The standard InChI is InChI=1S/C26H25FN2O/c1-28-15-7-6-8-18(28)16-29-17-23(21-11-4-5-12-25(21)29)26(30)22-13-14-24(27)20-10-3-2-9-19(20)22/h2-5,9-14,17-18H,6-8,15-16H2,1H3/t18-/m0/s1/i27-1. The summed E-state index contributed by atoms with van der Waals surface area (Å²) in [4.78, 5) is 16.0. The highest BCUT2D eigenvalue weighted by atomic mass is 18.2. The van der Waals surface area contributed by atoms with Crippen LogP contribution in [-0.4, -0.2) is 34.9 Å². The third kappa shape index (κ3) is 3.21. The minimum absolute atomic E-state index is 0.0573. The van der Waals surface area contributed by atoms with Gasteiger partial charge in [-0.1, -0.05) is 48.9 Å². The number of likely N-dealkylation sites (N-methyl/N-ethyl adjacent to an activating group) is 1. The van der Waals surface area contributed by atoms with E-state index in [1.54, 1.807) is 18.2 Å². The summed E-state index contributed by atoms with van der Waals surface area (Å²) in [6, 6.07) is 18.8. The molecule has 4 aromatic rings. The lowest BCUT2D eigenvalue weighted by atomic mass is 9.96. The van der Waals surface area contributed by atoms with Gasteiger partial charge in [-0.05, 0) is 50.0 Å². The molecule has 1 saturated heterocycles. The third-order valence-electron chi connectivity index (χ3n) is 6.48. The van der Waals surface area contributed by atoms with Gasteiger partial charge in [0.15, 0.2) is 5.78 Å². The number of benzene rings is 3. The fourth-order valence-corrected chi connectivity index (χ4v) is 4.79. The SMILES string of the molecule is CN1CCCC[C@H]1Cn1cc(C(=O)c2ccc([18F])c3ccccc23)c2ccccc21. The van der Waals surface area contributed by atoms with E-state index in [1.807, 2.05) is 36.5 Å². The molecule has 1 fully saturated rings. The summed E-state index contributed by atoms with van der Waals surface area (Å²) in [6.45, 7) is 1.99. The zero-order chi connectivity index (χ0) is 20.7. The van der Waals surface area contributed by atoms with Crippen LogP contribution in [0.3, 0.4) is 0 Å². The molecular weight excluding hydrogens is 374 g/mol. The first-order chi connectivity index (χ1) is 14.6. The largest absolute Gasteiger partial charge is 0.345 e. The Morgan fingerprint density at radius 2 is 1.67 bits per heavy atom. The predicted octanol–water partition coefficient (Wildman–Crippen LogP) is 5.65. The van der Waals surface area contributed by atoms with Crippen molar-refractivity contribution in [3.63, 3.8) is 0 Å². The number of ketones is 1. The minimum Gasteiger partial charge on any atom is -0.345 e. The van der Waals surface area contributed by atoms with E-state index in [1.165, 1.54) is 25.3 Å². The van der Waals surface area contributed by atoms with Crippen LogP contribution in [0.15, 0.2) is 66.9 Å². The van der Waals surface area contributed by atoms with E-state index >= 15 is 0 Å². The summed E-state index contributed by atoms with van der Waals surface area (Å²) < 4.78 is 16.5. The quantitative estimate of drug-likeness (QED) is 0.414. The van der Waals surface area contributed by atoms with Crippen LogP contribution in [0.25, 0.3) is 21.7 Å². The van der Waals surface area contributed by atoms with Crippen molar-refractivity contribution in [2.24, 2.45) is 0 Å². The Bertz CT molecular complexity index is 1240. The van der Waals surface area contributed by atoms with Gasteiger partial charge in [0.25, 0.3) is 0 Å². The fourth-order valence-electron chi connectivity index (χ4n) is 4.79. The molecule has 2 heterocycles. The van der Waals surface area contributed by atoms with Gasteiger partial charge in [0.05, 0.1) is 0 Å². The molecule has 0 spiro atoms. The van der Waals surface area contributed by atoms with Gasteiger partial charge >= 0.3 is 0 Å². The number of carbonyl (C=O) groups excluding carboxylic acids is 1. The van der Waals surface area contributed by atoms with Crippen molar-refractivity contribution in [2.45, 2.75) is 31.8 Å². The first-order valence-electron chi connectivity index (χ1n) is 10.6. The molecule has 1 atom stereocenters. The molecular formula is C26H25FN2O. The average Bonchev–Trinajstić information content (AvgIpc) is 3.14. The van der Waals surface area contributed by atoms with E-state index in [0.29, 0.717) is 27.9 Å². The van der Waals surface area contributed by atoms with E-state index < -0.39 is 0 Å². The van der Waals surface area contributed by atoms with E-state index in [9.17, 15) is 9.18 Å². The summed E-state index contributed by atoms with van der Waals surface area (Å²) in [5.74, 6) is -0.358. The van der Waals surface area contributed by atoms with Crippen LogP contribution in [0.2, 0.25) is 0 Å². The zero-order valence-electron chi connectivity index (χ0n) is 17.1. The molecule has 0 aliphatic carbocycles. The van der Waals surface area contributed by atoms with Gasteiger partial charge in [-0.2, -0.15) is 0 Å². The number of aromatic nitrogens is 1. The highest BCUT2D eigenvalue weighted by Gasteiger charge is 2.23. The Morgan fingerprint density at radius 1 is 0.933 bits per heavy atom. The number of carbonyl (C=O) groups is 1. The van der Waals surface area contributed by atoms with Gasteiger partial charge in [-0.3, -0.25) is 4.79 Å². The van der Waals surface area contributed by atoms with Gasteiger partial charge in [-0.15, -0.1) is 0 Å². The van der Waals surface area contributed by atoms with Crippen LogP contribution in [0.5, 0.6) is 0 Å². The van der Waals surface area contributed by atoms with Crippen molar-refractivity contribution in [3.05, 3.63) is 83.8 Å². The van der Waals surface area contributed by atoms with Crippen molar-refractivity contribution >= 4 is 27.5 Å². The molecule has 5 rings (SSSR count). The normalized spacial score (nSPS) is 17.6. The van der Waals surface area contributed by atoms with Crippen LogP contribution >= 0.6 is 0 Å². The molecule has 0 N–H and O–H groups in total. The summed E-state index contributed by atoms with van der Waals surface area (Å²) in [5, 5.41) is 2.09. The summed E-state index contributed by atoms with van der Waals surface area (Å²) in [5.41, 5.74) is 2.30. The molecule has 0 radical (unpaired) electrons. The number of nitrogens with zero attached hydrogens (tertiary/aromatic N) is 2. The molecule has 1 aliphatic heterocycles. The van der Waals surface area contributed by atoms with Crippen molar-refractivity contribution in [1.82, 2.24) is 9.47 Å². The van der Waals surface area contributed by atoms with Crippen molar-refractivity contribution in [1.29, 1.82) is 0 Å². The van der Waals surface area contributed by atoms with Crippen LogP contribution in [0.1, 0.15) is 35.2 Å². The lowest BCUT2D eigenvalue weighted by molar-refractivity contribution is 0.104. The average molecular weight is 399 g/mol. The van der Waals surface area contributed by atoms with Crippen molar-refractivity contribution in [2.75, 3.05) is 13.6 Å². The Kier molecular flexibility index (Phi) is 4.87. The fraction of sp³-hybridized carbons (Fsp3) is 0.269. The summed E-state index contributed by atoms with van der Waals surface area (Å²) >= 11 is 0. The first-order valence-corrected chi connectivity index (χ1v) is 10.6. The molecule has 1 aromatic heterocycles. The maximum absolute atomic E-state index is 14.3. The Balaban J connectivity index is 1.60. The second-order valence-electron chi connectivity index (χ2n) is 8.31. The molecule has 3 nitrogen and oxygen atoms in total. The molecule has 152 valence electrons. The molecule has 0 unspecified atom stereocenters. The number of likely N-dealkylation sites (tertiary alicyclic amines) is 1.